The van der Waals surface area contributed by atoms with Crippen molar-refractivity contribution in [3.05, 3.63) is 54.6 Å². The molecule has 2 aromatic rings. The third-order valence-corrected chi connectivity index (χ3v) is 8.69. The van der Waals surface area contributed by atoms with E-state index in [-0.39, 0.29) is 22.0 Å². The van der Waals surface area contributed by atoms with Crippen LogP contribution in [-0.4, -0.2) is 45.9 Å². The van der Waals surface area contributed by atoms with Crippen molar-refractivity contribution in [2.45, 2.75) is 41.9 Å². The largest absolute Gasteiger partial charge is 0.326 e. The Hall–Kier alpha value is -2.23. The molecule has 0 bridgehead atoms. The van der Waals surface area contributed by atoms with Crippen LogP contribution in [0.25, 0.3) is 0 Å². The van der Waals surface area contributed by atoms with Gasteiger partial charge in [0.05, 0.1) is 15.5 Å². The summed E-state index contributed by atoms with van der Waals surface area (Å²) in [7, 11) is -7.08. The van der Waals surface area contributed by atoms with Gasteiger partial charge in [0, 0.05) is 25.2 Å². The van der Waals surface area contributed by atoms with Gasteiger partial charge in [-0.05, 0) is 49.2 Å². The molecule has 0 aromatic heterocycles. The molecule has 2 aromatic carbocycles. The number of sulfone groups is 1. The highest BCUT2D eigenvalue weighted by atomic mass is 32.2. The Labute approximate surface area is 178 Å². The van der Waals surface area contributed by atoms with Gasteiger partial charge < -0.3 is 5.32 Å². The van der Waals surface area contributed by atoms with Crippen molar-refractivity contribution in [3.63, 3.8) is 0 Å². The second-order valence-corrected chi connectivity index (χ2v) is 11.3. The number of hydrogen-bond acceptors (Lipinski definition) is 5. The van der Waals surface area contributed by atoms with E-state index in [4.69, 9.17) is 0 Å². The second kappa shape index (κ2) is 9.72. The standard InChI is InChI=1S/C21H26N2O5S2/c24-21(14-17-29(25,26)19-8-4-3-5-9-19)22-18-10-12-20(13-11-18)30(27,28)23-15-6-1-2-7-16-23/h3-5,8-13H,1-2,6-7,14-17H2,(H,22,24). The summed E-state index contributed by atoms with van der Waals surface area (Å²) in [5, 5.41) is 2.62. The minimum Gasteiger partial charge on any atom is -0.326 e. The van der Waals surface area contributed by atoms with E-state index in [0.717, 1.165) is 25.7 Å². The molecule has 0 spiro atoms. The zero-order chi connectivity index (χ0) is 21.6. The van der Waals surface area contributed by atoms with Crippen molar-refractivity contribution in [1.82, 2.24) is 4.31 Å². The lowest BCUT2D eigenvalue weighted by Gasteiger charge is -2.20. The van der Waals surface area contributed by atoms with E-state index in [1.807, 2.05) is 0 Å². The molecule has 1 amide bonds. The van der Waals surface area contributed by atoms with E-state index < -0.39 is 25.8 Å². The Morgan fingerprint density at radius 2 is 1.40 bits per heavy atom. The van der Waals surface area contributed by atoms with Crippen LogP contribution in [-0.2, 0) is 24.7 Å². The third kappa shape index (κ3) is 5.68. The molecule has 1 saturated heterocycles. The average molecular weight is 451 g/mol. The molecule has 1 aliphatic heterocycles. The highest BCUT2D eigenvalue weighted by molar-refractivity contribution is 7.91. The van der Waals surface area contributed by atoms with Gasteiger partial charge in [0.2, 0.25) is 15.9 Å². The van der Waals surface area contributed by atoms with E-state index in [9.17, 15) is 21.6 Å². The van der Waals surface area contributed by atoms with Crippen molar-refractivity contribution < 1.29 is 21.6 Å². The molecule has 9 heteroatoms. The maximum atomic E-state index is 12.8. The number of carbonyl (C=O) groups is 1. The summed E-state index contributed by atoms with van der Waals surface area (Å²) in [6.45, 7) is 1.05. The lowest BCUT2D eigenvalue weighted by atomic mass is 10.2. The molecule has 0 unspecified atom stereocenters. The lowest BCUT2D eigenvalue weighted by molar-refractivity contribution is -0.115. The lowest BCUT2D eigenvalue weighted by Crippen LogP contribution is -2.31. The summed E-state index contributed by atoms with van der Waals surface area (Å²) >= 11 is 0. The maximum Gasteiger partial charge on any atom is 0.243 e. The summed E-state index contributed by atoms with van der Waals surface area (Å²) < 4.78 is 51.6. The zero-order valence-corrected chi connectivity index (χ0v) is 18.3. The van der Waals surface area contributed by atoms with E-state index in [1.54, 1.807) is 18.2 Å². The number of nitrogens with one attached hydrogen (secondary N) is 1. The predicted molar refractivity (Wildman–Crippen MR) is 115 cm³/mol. The first-order chi connectivity index (χ1) is 14.3. The Morgan fingerprint density at radius 3 is 2.00 bits per heavy atom. The number of nitrogens with zero attached hydrogens (tertiary/aromatic N) is 1. The van der Waals surface area contributed by atoms with Crippen molar-refractivity contribution >= 4 is 31.5 Å². The van der Waals surface area contributed by atoms with Gasteiger partial charge in [0.1, 0.15) is 0 Å². The van der Waals surface area contributed by atoms with Gasteiger partial charge in [0.15, 0.2) is 9.84 Å². The predicted octanol–water partition coefficient (Wildman–Crippen LogP) is 3.05. The van der Waals surface area contributed by atoms with Crippen LogP contribution < -0.4 is 5.32 Å². The highest BCUT2D eigenvalue weighted by Gasteiger charge is 2.25. The molecule has 0 saturated carbocycles. The van der Waals surface area contributed by atoms with Crippen LogP contribution in [0.15, 0.2) is 64.4 Å². The molecule has 0 atom stereocenters. The summed E-state index contributed by atoms with van der Waals surface area (Å²) in [5.74, 6) is -0.748. The Balaban J connectivity index is 1.59. The number of carbonyl (C=O) groups excluding carboxylic acids is 1. The topological polar surface area (TPSA) is 101 Å². The average Bonchev–Trinajstić information content (AvgIpc) is 3.04. The van der Waals surface area contributed by atoms with E-state index in [0.29, 0.717) is 18.8 Å². The van der Waals surface area contributed by atoms with Crippen LogP contribution in [0.2, 0.25) is 0 Å². The monoisotopic (exact) mass is 450 g/mol. The van der Waals surface area contributed by atoms with Crippen molar-refractivity contribution in [2.75, 3.05) is 24.2 Å². The fourth-order valence-electron chi connectivity index (χ4n) is 3.34. The molecule has 162 valence electrons. The number of anilines is 1. The number of hydrogen-bond donors (Lipinski definition) is 1. The molecule has 1 aliphatic rings. The van der Waals surface area contributed by atoms with E-state index in [2.05, 4.69) is 5.32 Å². The summed E-state index contributed by atoms with van der Waals surface area (Å²) in [6, 6.07) is 14.0. The van der Waals surface area contributed by atoms with Gasteiger partial charge in [0.25, 0.3) is 0 Å². The Bertz CT molecular complexity index is 1060. The van der Waals surface area contributed by atoms with Crippen LogP contribution in [0.4, 0.5) is 5.69 Å². The summed E-state index contributed by atoms with van der Waals surface area (Å²) in [6.07, 6.45) is 3.61. The number of sulfonamides is 1. The van der Waals surface area contributed by atoms with E-state index in [1.165, 1.54) is 40.7 Å². The normalized spacial score (nSPS) is 16.0. The quantitative estimate of drug-likeness (QED) is 0.699. The smallest absolute Gasteiger partial charge is 0.243 e. The van der Waals surface area contributed by atoms with Crippen molar-refractivity contribution in [3.8, 4) is 0 Å². The molecular weight excluding hydrogens is 424 g/mol. The molecule has 1 N–H and O–H groups in total. The first-order valence-corrected chi connectivity index (χ1v) is 13.1. The molecule has 7 nitrogen and oxygen atoms in total. The molecule has 30 heavy (non-hydrogen) atoms. The Morgan fingerprint density at radius 1 is 0.800 bits per heavy atom. The first kappa shape index (κ1) is 22.5. The maximum absolute atomic E-state index is 12.8. The second-order valence-electron chi connectivity index (χ2n) is 7.27. The number of rotatable bonds is 7. The number of amides is 1. The van der Waals surface area contributed by atoms with E-state index >= 15 is 0 Å². The minimum atomic E-state index is -3.55. The molecule has 3 rings (SSSR count). The molecule has 0 radical (unpaired) electrons. The third-order valence-electron chi connectivity index (χ3n) is 5.04. The van der Waals surface area contributed by atoms with Gasteiger partial charge in [-0.3, -0.25) is 4.79 Å². The van der Waals surface area contributed by atoms with Crippen molar-refractivity contribution in [2.24, 2.45) is 0 Å². The van der Waals surface area contributed by atoms with Gasteiger partial charge >= 0.3 is 0 Å². The molecule has 1 fully saturated rings. The SMILES string of the molecule is O=C(CCS(=O)(=O)c1ccccc1)Nc1ccc(S(=O)(=O)N2CCCCCC2)cc1. The van der Waals surface area contributed by atoms with Gasteiger partial charge in [-0.1, -0.05) is 31.0 Å². The summed E-state index contributed by atoms with van der Waals surface area (Å²) in [5.41, 5.74) is 0.423. The first-order valence-electron chi connectivity index (χ1n) is 9.97. The fraction of sp³-hybridized carbons (Fsp3) is 0.381. The van der Waals surface area contributed by atoms with Crippen LogP contribution >= 0.6 is 0 Å². The fourth-order valence-corrected chi connectivity index (χ4v) is 6.12. The van der Waals surface area contributed by atoms with Crippen LogP contribution in [0.1, 0.15) is 32.1 Å². The van der Waals surface area contributed by atoms with Crippen LogP contribution in [0.5, 0.6) is 0 Å². The van der Waals surface area contributed by atoms with Gasteiger partial charge in [-0.2, -0.15) is 4.31 Å². The summed E-state index contributed by atoms with van der Waals surface area (Å²) in [4.78, 5) is 12.5. The minimum absolute atomic E-state index is 0.181. The highest BCUT2D eigenvalue weighted by Crippen LogP contribution is 2.22. The molecular formula is C21H26N2O5S2. The van der Waals surface area contributed by atoms with Gasteiger partial charge in [-0.15, -0.1) is 0 Å². The van der Waals surface area contributed by atoms with Crippen molar-refractivity contribution in [1.29, 1.82) is 0 Å². The van der Waals surface area contributed by atoms with Crippen LogP contribution in [0, 0.1) is 0 Å². The molecule has 1 heterocycles. The molecule has 0 aliphatic carbocycles. The number of benzene rings is 2. The Kier molecular flexibility index (Phi) is 7.27. The van der Waals surface area contributed by atoms with Gasteiger partial charge in [-0.25, -0.2) is 16.8 Å². The van der Waals surface area contributed by atoms with Crippen LogP contribution in [0.3, 0.4) is 0 Å². The zero-order valence-electron chi connectivity index (χ0n) is 16.7.